The number of alkyl halides is 2. The van der Waals surface area contributed by atoms with Gasteiger partial charge in [0.25, 0.3) is 5.76 Å². The molecule has 3 rings (SSSR count). The third-order valence-corrected chi connectivity index (χ3v) is 3.83. The minimum Gasteiger partial charge on any atom is -0.497 e. The first kappa shape index (κ1) is 17.0. The van der Waals surface area contributed by atoms with Crippen molar-refractivity contribution in [2.45, 2.75) is 10.9 Å². The van der Waals surface area contributed by atoms with Crippen LogP contribution in [-0.2, 0) is 0 Å². The molecular weight excluding hydrogens is 348 g/mol. The number of pyridine rings is 1. The van der Waals surface area contributed by atoms with Gasteiger partial charge in [-0.1, -0.05) is 0 Å². The number of thioether (sulfide) groups is 1. The summed E-state index contributed by atoms with van der Waals surface area (Å²) >= 11 is 0.289. The number of ether oxygens (including phenoxy) is 1. The fraction of sp³-hybridized carbons (Fsp3) is 0.125. The Balaban J connectivity index is 1.99. The molecule has 0 unspecified atom stereocenters. The number of halogens is 2. The van der Waals surface area contributed by atoms with Crippen LogP contribution in [0.15, 0.2) is 59.0 Å². The summed E-state index contributed by atoms with van der Waals surface area (Å²) in [5.74, 6) is -1.59. The van der Waals surface area contributed by atoms with E-state index < -0.39 is 5.76 Å². The van der Waals surface area contributed by atoms with E-state index in [1.807, 2.05) is 0 Å². The van der Waals surface area contributed by atoms with Gasteiger partial charge in [-0.05, 0) is 53.7 Å². The van der Waals surface area contributed by atoms with Crippen molar-refractivity contribution in [3.63, 3.8) is 0 Å². The maximum atomic E-state index is 12.8. The zero-order chi connectivity index (χ0) is 17.6. The zero-order valence-corrected chi connectivity index (χ0v) is 13.9. The fourth-order valence-corrected chi connectivity index (χ4v) is 2.50. The number of nitrogens with zero attached hydrogens (tertiary/aromatic N) is 5. The standard InChI is InChI=1S/C16H13F2N5OS/c1-24-13-4-2-12(3-5-13)14-21-22-16(25-15(17)18)23(14)20-10-11-6-8-19-9-7-11/h2-10,15H,1H3/b20-10-. The molecule has 2 aromatic heterocycles. The summed E-state index contributed by atoms with van der Waals surface area (Å²) in [6, 6.07) is 10.5. The predicted molar refractivity (Wildman–Crippen MR) is 91.1 cm³/mol. The van der Waals surface area contributed by atoms with Gasteiger partial charge >= 0.3 is 0 Å². The van der Waals surface area contributed by atoms with Gasteiger partial charge in [-0.25, -0.2) is 0 Å². The molecule has 9 heteroatoms. The van der Waals surface area contributed by atoms with Crippen LogP contribution in [0.5, 0.6) is 5.75 Å². The summed E-state index contributed by atoms with van der Waals surface area (Å²) in [6.07, 6.45) is 4.77. The van der Waals surface area contributed by atoms with Crippen LogP contribution in [0.4, 0.5) is 8.78 Å². The molecule has 25 heavy (non-hydrogen) atoms. The van der Waals surface area contributed by atoms with E-state index in [1.54, 1.807) is 55.9 Å². The van der Waals surface area contributed by atoms with Crippen LogP contribution in [0.1, 0.15) is 5.56 Å². The maximum absolute atomic E-state index is 12.8. The van der Waals surface area contributed by atoms with Gasteiger partial charge in [0, 0.05) is 18.0 Å². The predicted octanol–water partition coefficient (Wildman–Crippen LogP) is 3.55. The molecule has 0 spiro atoms. The summed E-state index contributed by atoms with van der Waals surface area (Å²) in [4.78, 5) is 3.92. The van der Waals surface area contributed by atoms with Gasteiger partial charge in [0.1, 0.15) is 5.75 Å². The smallest absolute Gasteiger partial charge is 0.291 e. The Bertz CT molecular complexity index is 853. The number of benzene rings is 1. The molecule has 0 fully saturated rings. The minimum atomic E-state index is -2.62. The summed E-state index contributed by atoms with van der Waals surface area (Å²) in [7, 11) is 1.56. The number of hydrogen-bond donors (Lipinski definition) is 0. The lowest BCUT2D eigenvalue weighted by molar-refractivity contribution is 0.251. The molecule has 0 aliphatic rings. The van der Waals surface area contributed by atoms with Gasteiger partial charge in [-0.3, -0.25) is 4.98 Å². The Labute approximate surface area is 146 Å². The van der Waals surface area contributed by atoms with Gasteiger partial charge in [0.05, 0.1) is 13.3 Å². The average molecular weight is 361 g/mol. The fourth-order valence-electron chi connectivity index (χ4n) is 2.02. The topological polar surface area (TPSA) is 65.2 Å². The van der Waals surface area contributed by atoms with Crippen molar-refractivity contribution >= 4 is 18.0 Å². The third kappa shape index (κ3) is 4.18. The molecule has 128 valence electrons. The molecular formula is C16H13F2N5OS. The normalized spacial score (nSPS) is 11.4. The van der Waals surface area contributed by atoms with Gasteiger partial charge in [-0.2, -0.15) is 18.6 Å². The lowest BCUT2D eigenvalue weighted by atomic mass is 10.2. The first-order valence-electron chi connectivity index (χ1n) is 7.16. The van der Waals surface area contributed by atoms with E-state index in [1.165, 1.54) is 10.9 Å². The second-order valence-electron chi connectivity index (χ2n) is 4.75. The van der Waals surface area contributed by atoms with Gasteiger partial charge < -0.3 is 4.74 Å². The van der Waals surface area contributed by atoms with Crippen molar-refractivity contribution in [3.05, 3.63) is 54.4 Å². The molecule has 0 aliphatic carbocycles. The Morgan fingerprint density at radius 1 is 1.12 bits per heavy atom. The molecule has 0 saturated heterocycles. The molecule has 1 aromatic carbocycles. The van der Waals surface area contributed by atoms with E-state index in [9.17, 15) is 8.78 Å². The Kier molecular flexibility index (Phi) is 5.34. The third-order valence-electron chi connectivity index (χ3n) is 3.18. The first-order valence-corrected chi connectivity index (χ1v) is 8.04. The lowest BCUT2D eigenvalue weighted by Gasteiger charge is -2.05. The summed E-state index contributed by atoms with van der Waals surface area (Å²) < 4.78 is 32.0. The average Bonchev–Trinajstić information content (AvgIpc) is 3.02. The minimum absolute atomic E-state index is 0.00567. The monoisotopic (exact) mass is 361 g/mol. The Morgan fingerprint density at radius 2 is 1.84 bits per heavy atom. The molecule has 0 aliphatic heterocycles. The second-order valence-corrected chi connectivity index (χ2v) is 5.71. The van der Waals surface area contributed by atoms with Crippen molar-refractivity contribution in [2.75, 3.05) is 7.11 Å². The summed E-state index contributed by atoms with van der Waals surface area (Å²) in [5.41, 5.74) is 1.46. The Hall–Kier alpha value is -2.81. The van der Waals surface area contributed by atoms with Gasteiger partial charge in [-0.15, -0.1) is 10.2 Å². The summed E-state index contributed by atoms with van der Waals surface area (Å²) in [5, 5.41) is 12.1. The van der Waals surface area contributed by atoms with Gasteiger partial charge in [0.2, 0.25) is 5.16 Å². The van der Waals surface area contributed by atoms with Crippen LogP contribution in [0.3, 0.4) is 0 Å². The van der Waals surface area contributed by atoms with Crippen molar-refractivity contribution in [2.24, 2.45) is 5.10 Å². The largest absolute Gasteiger partial charge is 0.497 e. The zero-order valence-electron chi connectivity index (χ0n) is 13.1. The van der Waals surface area contributed by atoms with Crippen LogP contribution in [0.2, 0.25) is 0 Å². The Morgan fingerprint density at radius 3 is 2.48 bits per heavy atom. The highest BCUT2D eigenvalue weighted by atomic mass is 32.2. The summed E-state index contributed by atoms with van der Waals surface area (Å²) in [6.45, 7) is 0. The second kappa shape index (κ2) is 7.84. The van der Waals surface area contributed by atoms with Crippen molar-refractivity contribution in [1.29, 1.82) is 0 Å². The van der Waals surface area contributed by atoms with Crippen LogP contribution in [0.25, 0.3) is 11.4 Å². The molecule has 2 heterocycles. The van der Waals surface area contributed by atoms with Crippen molar-refractivity contribution < 1.29 is 13.5 Å². The van der Waals surface area contributed by atoms with E-state index in [4.69, 9.17) is 4.74 Å². The number of methoxy groups -OCH3 is 1. The maximum Gasteiger partial charge on any atom is 0.291 e. The molecule has 0 amide bonds. The molecule has 0 saturated carbocycles. The van der Waals surface area contributed by atoms with Crippen LogP contribution >= 0.6 is 11.8 Å². The van der Waals surface area contributed by atoms with E-state index in [0.717, 1.165) is 5.56 Å². The quantitative estimate of drug-likeness (QED) is 0.496. The van der Waals surface area contributed by atoms with E-state index in [-0.39, 0.29) is 16.9 Å². The molecule has 0 bridgehead atoms. The van der Waals surface area contributed by atoms with E-state index >= 15 is 0 Å². The van der Waals surface area contributed by atoms with E-state index in [2.05, 4.69) is 20.3 Å². The molecule has 0 N–H and O–H groups in total. The molecule has 0 radical (unpaired) electrons. The molecule has 3 aromatic rings. The van der Waals surface area contributed by atoms with Crippen LogP contribution in [-0.4, -0.2) is 38.9 Å². The lowest BCUT2D eigenvalue weighted by Crippen LogP contribution is -1.98. The molecule has 6 nitrogen and oxygen atoms in total. The SMILES string of the molecule is COc1ccc(-c2nnc(SC(F)F)n2/N=C\c2ccncc2)cc1. The first-order chi connectivity index (χ1) is 12.2. The van der Waals surface area contributed by atoms with Gasteiger partial charge in [0.15, 0.2) is 5.82 Å². The van der Waals surface area contributed by atoms with Crippen LogP contribution < -0.4 is 4.74 Å². The highest BCUT2D eigenvalue weighted by Crippen LogP contribution is 2.28. The van der Waals surface area contributed by atoms with Crippen molar-refractivity contribution in [3.8, 4) is 17.1 Å². The van der Waals surface area contributed by atoms with Crippen LogP contribution in [0, 0.1) is 0 Å². The number of rotatable bonds is 6. The highest BCUT2D eigenvalue weighted by molar-refractivity contribution is 7.99. The number of hydrogen-bond acceptors (Lipinski definition) is 6. The van der Waals surface area contributed by atoms with E-state index in [0.29, 0.717) is 17.1 Å². The molecule has 0 atom stereocenters. The highest BCUT2D eigenvalue weighted by Gasteiger charge is 2.18. The number of aromatic nitrogens is 4. The van der Waals surface area contributed by atoms with Crippen molar-refractivity contribution in [1.82, 2.24) is 19.9 Å².